The molecule has 6 nitrogen and oxygen atoms in total. The summed E-state index contributed by atoms with van der Waals surface area (Å²) in [5.74, 6) is -0.393. The minimum absolute atomic E-state index is 0.0596. The number of nitrogens with zero attached hydrogens (tertiary/aromatic N) is 1. The van der Waals surface area contributed by atoms with Gasteiger partial charge in [-0.2, -0.15) is 8.78 Å². The molecular weight excluding hydrogens is 406 g/mol. The molecule has 0 radical (unpaired) electrons. The van der Waals surface area contributed by atoms with E-state index in [2.05, 4.69) is 4.74 Å². The Morgan fingerprint density at radius 2 is 1.87 bits per heavy atom. The van der Waals surface area contributed by atoms with E-state index in [9.17, 15) is 18.4 Å². The predicted octanol–water partition coefficient (Wildman–Crippen LogP) is 4.74. The lowest BCUT2D eigenvalue weighted by molar-refractivity contribution is -0.121. The van der Waals surface area contributed by atoms with Gasteiger partial charge >= 0.3 is 12.7 Å². The number of ether oxygens (including phenoxy) is 2. The molecule has 8 heteroatoms. The fourth-order valence-electron chi connectivity index (χ4n) is 4.05. The van der Waals surface area contributed by atoms with Crippen LogP contribution >= 0.6 is 0 Å². The second-order valence-corrected chi connectivity index (χ2v) is 7.51. The average molecular weight is 432 g/mol. The number of amides is 2. The van der Waals surface area contributed by atoms with E-state index < -0.39 is 24.2 Å². The van der Waals surface area contributed by atoms with Gasteiger partial charge in [0, 0.05) is 25.8 Å². The van der Waals surface area contributed by atoms with Gasteiger partial charge < -0.3 is 20.1 Å². The van der Waals surface area contributed by atoms with Gasteiger partial charge in [0.05, 0.1) is 6.04 Å². The second-order valence-electron chi connectivity index (χ2n) is 7.51. The Kier molecular flexibility index (Phi) is 7.09. The van der Waals surface area contributed by atoms with Gasteiger partial charge in [-0.15, -0.1) is 0 Å². The van der Waals surface area contributed by atoms with E-state index in [1.54, 1.807) is 17.0 Å². The first-order valence-corrected chi connectivity index (χ1v) is 10.2. The highest BCUT2D eigenvalue weighted by atomic mass is 19.3. The van der Waals surface area contributed by atoms with Crippen molar-refractivity contribution in [1.29, 1.82) is 0 Å². The van der Waals surface area contributed by atoms with Gasteiger partial charge in [0.1, 0.15) is 11.4 Å². The Bertz CT molecular complexity index is 892. The number of hydrogen-bond donors (Lipinski definition) is 1. The highest BCUT2D eigenvalue weighted by Gasteiger charge is 2.43. The molecular formula is C23H26F2N2O4. The fraction of sp³-hybridized carbons (Fsp3) is 0.391. The third kappa shape index (κ3) is 5.31. The zero-order chi connectivity index (χ0) is 22.4. The number of carbonyl (C=O) groups excluding carboxylic acids is 2. The number of benzene rings is 2. The zero-order valence-electron chi connectivity index (χ0n) is 17.3. The van der Waals surface area contributed by atoms with Crippen molar-refractivity contribution in [2.45, 2.75) is 50.9 Å². The quantitative estimate of drug-likeness (QED) is 0.620. The third-order valence-electron chi connectivity index (χ3n) is 5.60. The van der Waals surface area contributed by atoms with E-state index in [0.717, 1.165) is 11.1 Å². The van der Waals surface area contributed by atoms with Crippen molar-refractivity contribution in [1.82, 2.24) is 4.90 Å². The van der Waals surface area contributed by atoms with Gasteiger partial charge in [0.2, 0.25) is 5.91 Å². The summed E-state index contributed by atoms with van der Waals surface area (Å²) in [6.07, 6.45) is 1.04. The second kappa shape index (κ2) is 9.76. The molecule has 0 aliphatic carbocycles. The van der Waals surface area contributed by atoms with Crippen molar-refractivity contribution >= 4 is 12.0 Å². The topological polar surface area (TPSA) is 81.9 Å². The maximum absolute atomic E-state index is 13.1. The number of hydrogen-bond acceptors (Lipinski definition) is 4. The molecule has 1 aliphatic rings. The smallest absolute Gasteiger partial charge is 0.411 e. The highest BCUT2D eigenvalue weighted by molar-refractivity contribution is 5.74. The molecule has 2 atom stereocenters. The van der Waals surface area contributed by atoms with Crippen LogP contribution in [0.5, 0.6) is 5.75 Å². The number of rotatable bonds is 9. The lowest BCUT2D eigenvalue weighted by atomic mass is 9.84. The van der Waals surface area contributed by atoms with Gasteiger partial charge in [-0.1, -0.05) is 49.4 Å². The van der Waals surface area contributed by atoms with Crippen molar-refractivity contribution in [2.24, 2.45) is 5.73 Å². The van der Waals surface area contributed by atoms with Gasteiger partial charge in [0.15, 0.2) is 0 Å². The van der Waals surface area contributed by atoms with Gasteiger partial charge in [-0.3, -0.25) is 4.79 Å². The molecule has 2 aromatic rings. The van der Waals surface area contributed by atoms with E-state index >= 15 is 0 Å². The van der Waals surface area contributed by atoms with Crippen LogP contribution in [-0.4, -0.2) is 30.1 Å². The van der Waals surface area contributed by atoms with Gasteiger partial charge in [0.25, 0.3) is 0 Å². The molecule has 0 saturated carbocycles. The molecule has 0 aromatic heterocycles. The molecule has 166 valence electrons. The number of alkyl halides is 2. The highest BCUT2D eigenvalue weighted by Crippen LogP contribution is 2.41. The molecule has 0 unspecified atom stereocenters. The minimum Gasteiger partial charge on any atom is -0.438 e. The fourth-order valence-corrected chi connectivity index (χ4v) is 4.05. The molecule has 3 rings (SSSR count). The molecule has 1 heterocycles. The Balaban J connectivity index is 1.80. The van der Waals surface area contributed by atoms with E-state index in [4.69, 9.17) is 10.5 Å². The summed E-state index contributed by atoms with van der Waals surface area (Å²) >= 11 is 0. The van der Waals surface area contributed by atoms with E-state index in [-0.39, 0.29) is 18.2 Å². The van der Waals surface area contributed by atoms with Crippen LogP contribution in [0.1, 0.15) is 49.8 Å². The van der Waals surface area contributed by atoms with Crippen molar-refractivity contribution < 1.29 is 27.8 Å². The van der Waals surface area contributed by atoms with E-state index in [1.165, 1.54) is 12.1 Å². The minimum atomic E-state index is -2.89. The summed E-state index contributed by atoms with van der Waals surface area (Å²) in [6, 6.07) is 15.3. The summed E-state index contributed by atoms with van der Waals surface area (Å²) in [5.41, 5.74) is 6.05. The first-order valence-electron chi connectivity index (χ1n) is 10.2. The molecule has 31 heavy (non-hydrogen) atoms. The number of primary amides is 1. The molecule has 2 amide bonds. The molecule has 1 saturated heterocycles. The van der Waals surface area contributed by atoms with Crippen LogP contribution in [0.25, 0.3) is 0 Å². The molecule has 1 aliphatic heterocycles. The lowest BCUT2D eigenvalue weighted by Gasteiger charge is -2.44. The van der Waals surface area contributed by atoms with Crippen molar-refractivity contribution in [3.63, 3.8) is 0 Å². The van der Waals surface area contributed by atoms with Gasteiger partial charge in [-0.25, -0.2) is 4.79 Å². The Morgan fingerprint density at radius 1 is 1.19 bits per heavy atom. The summed E-state index contributed by atoms with van der Waals surface area (Å²) in [4.78, 5) is 26.1. The maximum Gasteiger partial charge on any atom is 0.411 e. The Labute approximate surface area is 179 Å². The third-order valence-corrected chi connectivity index (χ3v) is 5.60. The van der Waals surface area contributed by atoms with Crippen LogP contribution in [0.15, 0.2) is 54.6 Å². The normalized spacial score (nSPS) is 19.7. The van der Waals surface area contributed by atoms with Crippen LogP contribution in [0.2, 0.25) is 0 Å². The molecule has 0 bridgehead atoms. The number of nitrogens with two attached hydrogens (primary N) is 1. The van der Waals surface area contributed by atoms with Crippen LogP contribution in [0.3, 0.4) is 0 Å². The first-order chi connectivity index (χ1) is 14.8. The summed E-state index contributed by atoms with van der Waals surface area (Å²) < 4.78 is 35.1. The molecule has 2 aromatic carbocycles. The average Bonchev–Trinajstić information content (AvgIpc) is 2.75. The summed E-state index contributed by atoms with van der Waals surface area (Å²) in [6.45, 7) is -0.537. The molecule has 0 spiro atoms. The largest absolute Gasteiger partial charge is 0.438 e. The lowest BCUT2D eigenvalue weighted by Crippen LogP contribution is -2.49. The van der Waals surface area contributed by atoms with Crippen LogP contribution in [-0.2, 0) is 15.1 Å². The number of cyclic esters (lactones) is 1. The Hall–Kier alpha value is -3.16. The van der Waals surface area contributed by atoms with Crippen molar-refractivity contribution in [2.75, 3.05) is 6.54 Å². The van der Waals surface area contributed by atoms with Crippen LogP contribution in [0.4, 0.5) is 13.6 Å². The first kappa shape index (κ1) is 22.5. The monoisotopic (exact) mass is 432 g/mol. The Morgan fingerprint density at radius 3 is 2.42 bits per heavy atom. The number of carbonyl (C=O) groups is 2. The van der Waals surface area contributed by atoms with Gasteiger partial charge in [-0.05, 0) is 29.7 Å². The van der Waals surface area contributed by atoms with Crippen LogP contribution in [0, 0.1) is 0 Å². The zero-order valence-corrected chi connectivity index (χ0v) is 17.3. The summed E-state index contributed by atoms with van der Waals surface area (Å²) in [5, 5.41) is 0. The van der Waals surface area contributed by atoms with Crippen molar-refractivity contribution in [3.05, 3.63) is 65.7 Å². The van der Waals surface area contributed by atoms with E-state index in [0.29, 0.717) is 25.8 Å². The molecule has 2 N–H and O–H groups in total. The SMILES string of the molecule is CC[C@@H](c1ccc(OC(F)F)cc1)N1CC[C@](CCC(N)=O)(c2ccccc2)OC1=O. The molecule has 1 fully saturated rings. The summed E-state index contributed by atoms with van der Waals surface area (Å²) in [7, 11) is 0. The standard InChI is InChI=1S/C23H26F2N2O4/c1-2-19(16-8-10-18(11-9-16)30-21(24)25)27-15-14-23(31-22(27)29,13-12-20(26)28)17-6-4-3-5-7-17/h3-11,19,21H,2,12-15H2,1H3,(H2,26,28)/t19-,23+/m0/s1. The number of halogens is 2. The van der Waals surface area contributed by atoms with E-state index in [1.807, 2.05) is 37.3 Å². The van der Waals surface area contributed by atoms with Crippen LogP contribution < -0.4 is 10.5 Å². The predicted molar refractivity (Wildman–Crippen MR) is 110 cm³/mol. The van der Waals surface area contributed by atoms with Crippen molar-refractivity contribution in [3.8, 4) is 5.75 Å². The maximum atomic E-state index is 13.1.